The van der Waals surface area contributed by atoms with Gasteiger partial charge in [0.05, 0.1) is 4.08 Å². The van der Waals surface area contributed by atoms with Crippen LogP contribution in [0, 0.1) is 6.92 Å². The van der Waals surface area contributed by atoms with Gasteiger partial charge in [0, 0.05) is 0 Å². The first kappa shape index (κ1) is 10.4. The van der Waals surface area contributed by atoms with Crippen LogP contribution in [0.2, 0.25) is 0 Å². The van der Waals surface area contributed by atoms with Crippen molar-refractivity contribution in [3.63, 3.8) is 0 Å². The van der Waals surface area contributed by atoms with Gasteiger partial charge in [-0.3, -0.25) is 0 Å². The zero-order valence-electron chi connectivity index (χ0n) is 8.75. The van der Waals surface area contributed by atoms with Gasteiger partial charge in [-0.05, 0) is 37.3 Å². The van der Waals surface area contributed by atoms with Gasteiger partial charge in [0.25, 0.3) is 0 Å². The number of benzene rings is 1. The van der Waals surface area contributed by atoms with Crippen LogP contribution in [0.15, 0.2) is 24.3 Å². The molecule has 0 aromatic heterocycles. The molecule has 0 N–H and O–H groups in total. The Morgan fingerprint density at radius 2 is 1.93 bits per heavy atom. The van der Waals surface area contributed by atoms with Crippen molar-refractivity contribution in [2.75, 3.05) is 11.5 Å². The van der Waals surface area contributed by atoms with Gasteiger partial charge in [0.2, 0.25) is 0 Å². The Balaban J connectivity index is 2.28. The predicted octanol–water partition coefficient (Wildman–Crippen LogP) is 4.04. The van der Waals surface area contributed by atoms with E-state index in [1.54, 1.807) is 0 Å². The van der Waals surface area contributed by atoms with Gasteiger partial charge in [0.1, 0.15) is 0 Å². The fourth-order valence-electron chi connectivity index (χ4n) is 1.73. The van der Waals surface area contributed by atoms with Crippen LogP contribution in [-0.2, 0) is 4.08 Å². The maximum absolute atomic E-state index is 2.36. The van der Waals surface area contributed by atoms with E-state index in [1.165, 1.54) is 29.1 Å². The van der Waals surface area contributed by atoms with Crippen molar-refractivity contribution in [3.8, 4) is 0 Å². The summed E-state index contributed by atoms with van der Waals surface area (Å²) in [6.45, 7) is 4.53. The summed E-state index contributed by atoms with van der Waals surface area (Å²) in [6, 6.07) is 8.93. The molecule has 0 bridgehead atoms. The number of hydrogen-bond donors (Lipinski definition) is 0. The van der Waals surface area contributed by atoms with Gasteiger partial charge < -0.3 is 0 Å². The molecule has 0 aliphatic carbocycles. The molecule has 1 aromatic carbocycles. The van der Waals surface area contributed by atoms with Gasteiger partial charge in [-0.15, -0.1) is 23.5 Å². The average molecular weight is 224 g/mol. The minimum atomic E-state index is 0.296. The summed E-state index contributed by atoms with van der Waals surface area (Å²) in [7, 11) is 0. The smallest absolute Gasteiger partial charge is 0.0832 e. The number of thioether (sulfide) groups is 2. The van der Waals surface area contributed by atoms with Crippen LogP contribution in [0.3, 0.4) is 0 Å². The normalized spacial score (nSPS) is 20.7. The molecule has 14 heavy (non-hydrogen) atoms. The average Bonchev–Trinajstić information content (AvgIpc) is 2.19. The molecule has 76 valence electrons. The zero-order chi connectivity index (χ0) is 10.0. The van der Waals surface area contributed by atoms with Crippen molar-refractivity contribution in [2.24, 2.45) is 0 Å². The molecule has 1 aliphatic heterocycles. The second-order valence-corrected chi connectivity index (χ2v) is 7.15. The highest BCUT2D eigenvalue weighted by atomic mass is 32.2. The van der Waals surface area contributed by atoms with Gasteiger partial charge >= 0.3 is 0 Å². The van der Waals surface area contributed by atoms with Crippen molar-refractivity contribution < 1.29 is 0 Å². The van der Waals surface area contributed by atoms with Gasteiger partial charge in [-0.1, -0.05) is 29.8 Å². The highest BCUT2D eigenvalue weighted by Crippen LogP contribution is 2.49. The van der Waals surface area contributed by atoms with Crippen molar-refractivity contribution >= 4 is 23.5 Å². The van der Waals surface area contributed by atoms with Crippen molar-refractivity contribution in [1.29, 1.82) is 0 Å². The molecule has 0 saturated carbocycles. The van der Waals surface area contributed by atoms with E-state index in [0.717, 1.165) is 0 Å². The Kier molecular flexibility index (Phi) is 3.13. The molecule has 1 aliphatic rings. The third kappa shape index (κ3) is 2.12. The monoisotopic (exact) mass is 224 g/mol. The summed E-state index contributed by atoms with van der Waals surface area (Å²) < 4.78 is 0.296. The van der Waals surface area contributed by atoms with Crippen LogP contribution in [-0.4, -0.2) is 11.5 Å². The van der Waals surface area contributed by atoms with Crippen molar-refractivity contribution in [3.05, 3.63) is 35.4 Å². The SMILES string of the molecule is Cc1cccc(C2(C)SCCCS2)c1. The minimum Gasteiger partial charge on any atom is -0.140 e. The van der Waals surface area contributed by atoms with Crippen molar-refractivity contribution in [2.45, 2.75) is 24.3 Å². The molecule has 1 aromatic rings. The molecular formula is C12H16S2. The lowest BCUT2D eigenvalue weighted by molar-refractivity contribution is 0.961. The molecule has 0 atom stereocenters. The minimum absolute atomic E-state index is 0.296. The van der Waals surface area contributed by atoms with E-state index in [4.69, 9.17) is 0 Å². The molecule has 0 radical (unpaired) electrons. The Labute approximate surface area is 94.9 Å². The fourth-order valence-corrected chi connectivity index (χ4v) is 4.69. The summed E-state index contributed by atoms with van der Waals surface area (Å²) >= 11 is 4.18. The van der Waals surface area contributed by atoms with Crippen molar-refractivity contribution in [1.82, 2.24) is 0 Å². The standard InChI is InChI=1S/C12H16S2/c1-10-5-3-6-11(9-10)12(2)13-7-4-8-14-12/h3,5-6,9H,4,7-8H2,1-2H3. The Morgan fingerprint density at radius 1 is 1.21 bits per heavy atom. The fraction of sp³-hybridized carbons (Fsp3) is 0.500. The van der Waals surface area contributed by atoms with Crippen LogP contribution in [0.1, 0.15) is 24.5 Å². The number of aryl methyl sites for hydroxylation is 1. The zero-order valence-corrected chi connectivity index (χ0v) is 10.4. The van der Waals surface area contributed by atoms with Crippen LogP contribution in [0.5, 0.6) is 0 Å². The van der Waals surface area contributed by atoms with E-state index >= 15 is 0 Å². The molecule has 0 unspecified atom stereocenters. The van der Waals surface area contributed by atoms with Gasteiger partial charge in [0.15, 0.2) is 0 Å². The Bertz CT molecular complexity index is 314. The maximum atomic E-state index is 2.36. The number of hydrogen-bond acceptors (Lipinski definition) is 2. The third-order valence-electron chi connectivity index (χ3n) is 2.59. The Morgan fingerprint density at radius 3 is 2.57 bits per heavy atom. The topological polar surface area (TPSA) is 0 Å². The second kappa shape index (κ2) is 4.19. The van der Waals surface area contributed by atoms with E-state index in [-0.39, 0.29) is 0 Å². The molecule has 2 rings (SSSR count). The van der Waals surface area contributed by atoms with E-state index in [1.807, 2.05) is 0 Å². The molecule has 1 fully saturated rings. The Hall–Kier alpha value is -0.0800. The van der Waals surface area contributed by atoms with Gasteiger partial charge in [-0.25, -0.2) is 0 Å². The maximum Gasteiger partial charge on any atom is 0.0832 e. The van der Waals surface area contributed by atoms with E-state index in [2.05, 4.69) is 61.6 Å². The van der Waals surface area contributed by atoms with E-state index in [9.17, 15) is 0 Å². The first-order valence-electron chi connectivity index (χ1n) is 5.06. The lowest BCUT2D eigenvalue weighted by atomic mass is 10.1. The summed E-state index contributed by atoms with van der Waals surface area (Å²) in [5.41, 5.74) is 2.85. The third-order valence-corrected chi connectivity index (χ3v) is 5.85. The quantitative estimate of drug-likeness (QED) is 0.706. The predicted molar refractivity (Wildman–Crippen MR) is 68.1 cm³/mol. The summed E-state index contributed by atoms with van der Waals surface area (Å²) in [5.74, 6) is 2.61. The van der Waals surface area contributed by atoms with Crippen LogP contribution in [0.25, 0.3) is 0 Å². The molecule has 0 amide bonds. The molecule has 0 nitrogen and oxygen atoms in total. The summed E-state index contributed by atoms with van der Waals surface area (Å²) in [4.78, 5) is 0. The van der Waals surface area contributed by atoms with Crippen LogP contribution < -0.4 is 0 Å². The highest BCUT2D eigenvalue weighted by molar-refractivity contribution is 8.18. The molecule has 1 heterocycles. The molecule has 1 saturated heterocycles. The van der Waals surface area contributed by atoms with E-state index in [0.29, 0.717) is 4.08 Å². The van der Waals surface area contributed by atoms with Gasteiger partial charge in [-0.2, -0.15) is 0 Å². The van der Waals surface area contributed by atoms with Crippen LogP contribution in [0.4, 0.5) is 0 Å². The summed E-state index contributed by atoms with van der Waals surface area (Å²) in [5, 5.41) is 0. The molecular weight excluding hydrogens is 208 g/mol. The lowest BCUT2D eigenvalue weighted by Crippen LogP contribution is -2.18. The highest BCUT2D eigenvalue weighted by Gasteiger charge is 2.30. The first-order chi connectivity index (χ1) is 6.71. The number of rotatable bonds is 1. The lowest BCUT2D eigenvalue weighted by Gasteiger charge is -2.33. The molecule has 0 spiro atoms. The van der Waals surface area contributed by atoms with E-state index < -0.39 is 0 Å². The molecule has 2 heteroatoms. The van der Waals surface area contributed by atoms with Crippen LogP contribution >= 0.6 is 23.5 Å². The largest absolute Gasteiger partial charge is 0.140 e. The first-order valence-corrected chi connectivity index (χ1v) is 7.03. The summed E-state index contributed by atoms with van der Waals surface area (Å²) in [6.07, 6.45) is 1.36. The second-order valence-electron chi connectivity index (χ2n) is 3.87.